The van der Waals surface area contributed by atoms with Crippen molar-refractivity contribution in [1.29, 1.82) is 0 Å². The van der Waals surface area contributed by atoms with Gasteiger partial charge >= 0.3 is 11.9 Å². The van der Waals surface area contributed by atoms with Crippen LogP contribution in [-0.4, -0.2) is 40.2 Å². The maximum atomic E-state index is 9.86. The molecule has 0 amide bonds. The zero-order valence-electron chi connectivity index (χ0n) is 20.4. The van der Waals surface area contributed by atoms with Gasteiger partial charge in [0.2, 0.25) is 0 Å². The van der Waals surface area contributed by atoms with E-state index in [4.69, 9.17) is 14.3 Å². The number of carboxylic acid groups (broad SMARTS) is 2. The predicted octanol–water partition coefficient (Wildman–Crippen LogP) is 6.02. The molecule has 2 N–H and O–H groups in total. The topological polar surface area (TPSA) is 83.8 Å². The van der Waals surface area contributed by atoms with Crippen LogP contribution in [0.25, 0.3) is 12.2 Å². The normalized spacial score (nSPS) is 11.1. The summed E-state index contributed by atoms with van der Waals surface area (Å²) < 4.78 is 5.51. The van der Waals surface area contributed by atoms with E-state index in [1.807, 2.05) is 36.4 Å². The van der Waals surface area contributed by atoms with Crippen LogP contribution in [0.4, 0.5) is 0 Å². The number of benzene rings is 1. The monoisotopic (exact) mass is 464 g/mol. The lowest BCUT2D eigenvalue weighted by Gasteiger charge is -2.14. The highest BCUT2D eigenvalue weighted by molar-refractivity contribution is 6.73. The minimum absolute atomic E-state index is 0.128. The van der Waals surface area contributed by atoms with Gasteiger partial charge in [-0.3, -0.25) is 0 Å². The summed E-state index contributed by atoms with van der Waals surface area (Å²) >= 11 is 0. The van der Waals surface area contributed by atoms with Crippen molar-refractivity contribution >= 4 is 42.2 Å². The summed E-state index contributed by atoms with van der Waals surface area (Å²) in [4.78, 5) is 19.7. The van der Waals surface area contributed by atoms with Crippen LogP contribution < -0.4 is 0 Å². The Kier molecular flexibility index (Phi) is 20.8. The Balaban J connectivity index is -0.000000343. The Morgan fingerprint density at radius 2 is 1.23 bits per heavy atom. The first-order valence-electron chi connectivity index (χ1n) is 10.0. The van der Waals surface area contributed by atoms with Gasteiger partial charge in [0.15, 0.2) is 8.32 Å². The molecule has 0 saturated heterocycles. The van der Waals surface area contributed by atoms with Crippen molar-refractivity contribution in [3.8, 4) is 0 Å². The van der Waals surface area contributed by atoms with Gasteiger partial charge in [0, 0.05) is 11.1 Å². The second-order valence-electron chi connectivity index (χ2n) is 7.14. The summed E-state index contributed by atoms with van der Waals surface area (Å²) in [7, 11) is -1.22. The minimum atomic E-state index is -1.10. The van der Waals surface area contributed by atoms with Gasteiger partial charge in [-0.05, 0) is 58.5 Å². The first-order valence-corrected chi connectivity index (χ1v) is 15.4. The van der Waals surface area contributed by atoms with E-state index in [1.165, 1.54) is 0 Å². The van der Waals surface area contributed by atoms with Crippen LogP contribution in [0, 0.1) is 0 Å². The van der Waals surface area contributed by atoms with Gasteiger partial charge in [-0.2, -0.15) is 0 Å². The highest BCUT2D eigenvalue weighted by Gasteiger charge is 2.10. The van der Waals surface area contributed by atoms with Crippen LogP contribution >= 0.6 is 0 Å². The molecule has 0 radical (unpaired) electrons. The van der Waals surface area contributed by atoms with E-state index in [0.717, 1.165) is 11.1 Å². The fourth-order valence-electron chi connectivity index (χ4n) is 1.56. The summed E-state index contributed by atoms with van der Waals surface area (Å²) in [6.07, 6.45) is 6.78. The molecular formula is C24H40O5Si2. The maximum Gasteiger partial charge on any atom is 0.330 e. The second kappa shape index (κ2) is 19.5. The molecule has 0 bridgehead atoms. The maximum absolute atomic E-state index is 9.86. The number of carboxylic acids is 2. The number of hydrogen-bond donors (Lipinski definition) is 2. The third-order valence-corrected chi connectivity index (χ3v) is 8.17. The van der Waals surface area contributed by atoms with Gasteiger partial charge < -0.3 is 14.3 Å². The van der Waals surface area contributed by atoms with E-state index in [0.29, 0.717) is 11.1 Å². The molecule has 1 aromatic carbocycles. The summed E-state index contributed by atoms with van der Waals surface area (Å²) in [5.74, 6) is -1.69. The van der Waals surface area contributed by atoms with E-state index >= 15 is 0 Å². The number of rotatable bonds is 6. The zero-order chi connectivity index (χ0) is 25.0. The lowest BCUT2D eigenvalue weighted by atomic mass is 10.1. The van der Waals surface area contributed by atoms with Crippen LogP contribution in [0.5, 0.6) is 0 Å². The quantitative estimate of drug-likeness (QED) is 0.397. The van der Waals surface area contributed by atoms with Crippen LogP contribution in [0.1, 0.15) is 38.8 Å². The zero-order valence-corrected chi connectivity index (χ0v) is 22.8. The molecule has 174 valence electrons. The number of carbonyl (C=O) groups is 2. The molecule has 1 rings (SSSR count). The van der Waals surface area contributed by atoms with E-state index in [1.54, 1.807) is 39.8 Å². The SMILES string of the molecule is C=Cc1ccccc1C=C.CC=C(C)C(=O)O.CC=C(C)C(=O)O.C[SiH2]O[Si](C)(C)C. The van der Waals surface area contributed by atoms with Gasteiger partial charge in [0.25, 0.3) is 0 Å². The van der Waals surface area contributed by atoms with Gasteiger partial charge in [-0.25, -0.2) is 9.59 Å². The third kappa shape index (κ3) is 22.0. The molecule has 1 aromatic rings. The molecule has 0 atom stereocenters. The first kappa shape index (κ1) is 33.2. The van der Waals surface area contributed by atoms with Crippen molar-refractivity contribution < 1.29 is 23.9 Å². The molecule has 0 aromatic heterocycles. The second-order valence-corrected chi connectivity index (χ2v) is 13.1. The molecule has 0 saturated carbocycles. The van der Waals surface area contributed by atoms with Crippen molar-refractivity contribution in [1.82, 2.24) is 0 Å². The number of aliphatic carboxylic acids is 2. The predicted molar refractivity (Wildman–Crippen MR) is 140 cm³/mol. The molecule has 7 heteroatoms. The molecule has 0 fully saturated rings. The van der Waals surface area contributed by atoms with E-state index < -0.39 is 20.3 Å². The summed E-state index contributed by atoms with van der Waals surface area (Å²) in [5.41, 5.74) is 3.05. The van der Waals surface area contributed by atoms with Crippen molar-refractivity contribution in [2.45, 2.75) is 53.9 Å². The number of allylic oxidation sites excluding steroid dienone is 2. The molecule has 0 aliphatic rings. The molecule has 0 spiro atoms. The summed E-state index contributed by atoms with van der Waals surface area (Å²) in [6, 6.07) is 8.02. The summed E-state index contributed by atoms with van der Waals surface area (Å²) in [6.45, 7) is 22.8. The molecule has 0 aliphatic heterocycles. The Morgan fingerprint density at radius 3 is 1.32 bits per heavy atom. The van der Waals surface area contributed by atoms with E-state index in [2.05, 4.69) is 39.3 Å². The smallest absolute Gasteiger partial charge is 0.330 e. The average Bonchev–Trinajstić information content (AvgIpc) is 2.72. The van der Waals surface area contributed by atoms with E-state index in [9.17, 15) is 9.59 Å². The average molecular weight is 465 g/mol. The highest BCUT2D eigenvalue weighted by Crippen LogP contribution is 2.10. The van der Waals surface area contributed by atoms with Gasteiger partial charge in [-0.1, -0.05) is 68.3 Å². The molecule has 0 unspecified atom stereocenters. The molecule has 0 aliphatic carbocycles. The first-order chi connectivity index (χ1) is 14.3. The summed E-state index contributed by atoms with van der Waals surface area (Å²) in [5, 5.41) is 16.2. The number of hydrogen-bond acceptors (Lipinski definition) is 3. The van der Waals surface area contributed by atoms with Crippen LogP contribution in [0.3, 0.4) is 0 Å². The largest absolute Gasteiger partial charge is 0.478 e. The fourth-order valence-corrected chi connectivity index (χ4v) is 5.03. The van der Waals surface area contributed by atoms with Crippen LogP contribution in [-0.2, 0) is 13.7 Å². The third-order valence-electron chi connectivity index (χ3n) is 3.55. The minimum Gasteiger partial charge on any atom is -0.478 e. The Labute approximate surface area is 191 Å². The Hall–Kier alpha value is -2.49. The van der Waals surface area contributed by atoms with Gasteiger partial charge in [-0.15, -0.1) is 0 Å². The molecule has 5 nitrogen and oxygen atoms in total. The van der Waals surface area contributed by atoms with Crippen LogP contribution in [0.2, 0.25) is 26.2 Å². The lowest BCUT2D eigenvalue weighted by molar-refractivity contribution is -0.133. The van der Waals surface area contributed by atoms with E-state index in [-0.39, 0.29) is 9.76 Å². The fraction of sp³-hybridized carbons (Fsp3) is 0.333. The molecule has 31 heavy (non-hydrogen) atoms. The van der Waals surface area contributed by atoms with Crippen molar-refractivity contribution in [3.05, 3.63) is 71.8 Å². The molecule has 0 heterocycles. The Morgan fingerprint density at radius 1 is 0.903 bits per heavy atom. The van der Waals surface area contributed by atoms with Crippen molar-refractivity contribution in [2.24, 2.45) is 0 Å². The van der Waals surface area contributed by atoms with Crippen molar-refractivity contribution in [2.75, 3.05) is 0 Å². The standard InChI is InChI=1S/C10H10.2C5H8O2.C4H14OSi2/c1-3-9-7-5-6-8-10(9)4-2;2*1-3-4(2)5(6)7;1-6-5-7(2,3)4/h3-8H,1-2H2;2*3H,1-2H3,(H,6,7);6H2,1-4H3. The van der Waals surface area contributed by atoms with Crippen LogP contribution in [0.15, 0.2) is 60.7 Å². The van der Waals surface area contributed by atoms with Crippen molar-refractivity contribution in [3.63, 3.8) is 0 Å². The Bertz CT molecular complexity index is 690. The highest BCUT2D eigenvalue weighted by atomic mass is 28.4. The van der Waals surface area contributed by atoms with Gasteiger partial charge in [0.05, 0.1) is 0 Å². The lowest BCUT2D eigenvalue weighted by Crippen LogP contribution is -2.26. The van der Waals surface area contributed by atoms with Gasteiger partial charge in [0.1, 0.15) is 9.76 Å². The molecular weight excluding hydrogens is 424 g/mol.